The molecule has 0 bridgehead atoms. The van der Waals surface area contributed by atoms with Gasteiger partial charge in [-0.05, 0) is 99.4 Å². The van der Waals surface area contributed by atoms with E-state index in [9.17, 15) is 0 Å². The zero-order chi connectivity index (χ0) is 31.0. The Kier molecular flexibility index (Phi) is 5.76. The van der Waals surface area contributed by atoms with Crippen LogP contribution in [0.2, 0.25) is 0 Å². The molecule has 0 unspecified atom stereocenters. The van der Waals surface area contributed by atoms with Gasteiger partial charge in [-0.2, -0.15) is 0 Å². The van der Waals surface area contributed by atoms with E-state index in [1.165, 1.54) is 11.1 Å². The maximum atomic E-state index is 15.2. The number of rotatable bonds is 4. The summed E-state index contributed by atoms with van der Waals surface area (Å²) in [5, 5.41) is 3.86. The third-order valence-electron chi connectivity index (χ3n) is 9.72. The SMILES string of the molecule is CC1(C)c2cc(-c3ccc(N(c4ccccc4)c4ccc5oc6ccccc6c5c4)cc3)ccc2-c2c1cc(F)c1ccccc21. The first kappa shape index (κ1) is 26.7. The molecule has 9 rings (SSSR count). The third-order valence-corrected chi connectivity index (χ3v) is 9.72. The van der Waals surface area contributed by atoms with Crippen LogP contribution >= 0.6 is 0 Å². The number of fused-ring (bicyclic) bond motifs is 8. The number of nitrogens with zero attached hydrogens (tertiary/aromatic N) is 1. The topological polar surface area (TPSA) is 16.4 Å². The smallest absolute Gasteiger partial charge is 0.135 e. The molecule has 7 aromatic carbocycles. The van der Waals surface area contributed by atoms with Gasteiger partial charge in [0.15, 0.2) is 0 Å². The van der Waals surface area contributed by atoms with Crippen molar-refractivity contribution in [1.82, 2.24) is 0 Å². The van der Waals surface area contributed by atoms with Crippen LogP contribution < -0.4 is 4.90 Å². The molecule has 1 aliphatic rings. The molecular formula is C43H30FNO. The number of benzene rings is 7. The summed E-state index contributed by atoms with van der Waals surface area (Å²) in [7, 11) is 0. The summed E-state index contributed by atoms with van der Waals surface area (Å²) in [6.45, 7) is 4.41. The van der Waals surface area contributed by atoms with E-state index in [1.807, 2.05) is 42.5 Å². The lowest BCUT2D eigenvalue weighted by molar-refractivity contribution is 0.619. The van der Waals surface area contributed by atoms with Crippen LogP contribution in [0.1, 0.15) is 25.0 Å². The molecule has 1 heterocycles. The second-order valence-electron chi connectivity index (χ2n) is 12.7. The Morgan fingerprint density at radius 3 is 1.93 bits per heavy atom. The Hall–Kier alpha value is -5.67. The van der Waals surface area contributed by atoms with E-state index in [1.54, 1.807) is 6.07 Å². The molecule has 8 aromatic rings. The Morgan fingerprint density at radius 1 is 0.500 bits per heavy atom. The summed E-state index contributed by atoms with van der Waals surface area (Å²) in [6, 6.07) is 50.1. The summed E-state index contributed by atoms with van der Waals surface area (Å²) >= 11 is 0. The Bertz CT molecular complexity index is 2460. The van der Waals surface area contributed by atoms with E-state index >= 15 is 4.39 Å². The lowest BCUT2D eigenvalue weighted by Crippen LogP contribution is -2.15. The van der Waals surface area contributed by atoms with Gasteiger partial charge in [0.1, 0.15) is 17.0 Å². The molecule has 1 aromatic heterocycles. The Labute approximate surface area is 267 Å². The normalized spacial score (nSPS) is 13.3. The van der Waals surface area contributed by atoms with E-state index in [2.05, 4.69) is 116 Å². The van der Waals surface area contributed by atoms with E-state index in [-0.39, 0.29) is 11.2 Å². The zero-order valence-electron chi connectivity index (χ0n) is 25.6. The van der Waals surface area contributed by atoms with Crippen LogP contribution in [0, 0.1) is 5.82 Å². The molecule has 2 nitrogen and oxygen atoms in total. The highest BCUT2D eigenvalue weighted by Gasteiger charge is 2.37. The molecular weight excluding hydrogens is 565 g/mol. The van der Waals surface area contributed by atoms with Crippen molar-refractivity contribution in [2.75, 3.05) is 4.90 Å². The summed E-state index contributed by atoms with van der Waals surface area (Å²) in [5.41, 5.74) is 11.6. The summed E-state index contributed by atoms with van der Waals surface area (Å²) in [4.78, 5) is 2.28. The Morgan fingerprint density at radius 2 is 1.13 bits per heavy atom. The molecule has 0 N–H and O–H groups in total. The average molecular weight is 596 g/mol. The van der Waals surface area contributed by atoms with E-state index in [0.29, 0.717) is 5.39 Å². The van der Waals surface area contributed by atoms with Crippen LogP contribution in [0.5, 0.6) is 0 Å². The lowest BCUT2D eigenvalue weighted by atomic mass is 9.81. The van der Waals surface area contributed by atoms with Gasteiger partial charge in [0.25, 0.3) is 0 Å². The van der Waals surface area contributed by atoms with Crippen LogP contribution in [-0.2, 0) is 5.41 Å². The molecule has 0 spiro atoms. The van der Waals surface area contributed by atoms with Crippen molar-refractivity contribution in [1.29, 1.82) is 0 Å². The second kappa shape index (κ2) is 9.92. The summed E-state index contributed by atoms with van der Waals surface area (Å²) < 4.78 is 21.3. The molecule has 0 saturated heterocycles. The molecule has 220 valence electrons. The predicted octanol–water partition coefficient (Wildman–Crippen LogP) is 12.3. The minimum atomic E-state index is -0.314. The third kappa shape index (κ3) is 3.95. The zero-order valence-corrected chi connectivity index (χ0v) is 25.6. The average Bonchev–Trinajstić information content (AvgIpc) is 3.57. The van der Waals surface area contributed by atoms with Crippen LogP contribution in [-0.4, -0.2) is 0 Å². The van der Waals surface area contributed by atoms with Crippen LogP contribution in [0.15, 0.2) is 150 Å². The highest BCUT2D eigenvalue weighted by Crippen LogP contribution is 2.52. The molecule has 0 amide bonds. The molecule has 1 aliphatic carbocycles. The van der Waals surface area contributed by atoms with Gasteiger partial charge in [-0.3, -0.25) is 0 Å². The highest BCUT2D eigenvalue weighted by molar-refractivity contribution is 6.07. The van der Waals surface area contributed by atoms with Crippen molar-refractivity contribution >= 4 is 49.8 Å². The second-order valence-corrected chi connectivity index (χ2v) is 12.7. The van der Waals surface area contributed by atoms with Crippen LogP contribution in [0.3, 0.4) is 0 Å². The number of hydrogen-bond acceptors (Lipinski definition) is 2. The molecule has 0 aliphatic heterocycles. The van der Waals surface area contributed by atoms with Crippen molar-refractivity contribution in [2.24, 2.45) is 0 Å². The Balaban J connectivity index is 1.13. The van der Waals surface area contributed by atoms with Gasteiger partial charge in [0.05, 0.1) is 0 Å². The standard InChI is InChI=1S/C43H30FNO/c1-43(2)37-24-28(18-22-35(37)42-34-14-7-6-12-32(34)39(44)26-38(42)43)27-16-19-30(20-17-27)45(29-10-4-3-5-11-29)31-21-23-41-36(25-31)33-13-8-9-15-40(33)46-41/h3-26H,1-2H3. The largest absolute Gasteiger partial charge is 0.456 e. The molecule has 46 heavy (non-hydrogen) atoms. The minimum Gasteiger partial charge on any atom is -0.456 e. The quantitative estimate of drug-likeness (QED) is 0.201. The van der Waals surface area contributed by atoms with Gasteiger partial charge in [0, 0.05) is 38.6 Å². The number of hydrogen-bond donors (Lipinski definition) is 0. The fraction of sp³-hybridized carbons (Fsp3) is 0.0698. The fourth-order valence-corrected chi connectivity index (χ4v) is 7.40. The van der Waals surface area contributed by atoms with Crippen LogP contribution in [0.25, 0.3) is 55.0 Å². The van der Waals surface area contributed by atoms with Gasteiger partial charge in [-0.25, -0.2) is 4.39 Å². The first-order chi connectivity index (χ1) is 22.5. The van der Waals surface area contributed by atoms with Gasteiger partial charge in [0.2, 0.25) is 0 Å². The van der Waals surface area contributed by atoms with Gasteiger partial charge >= 0.3 is 0 Å². The maximum absolute atomic E-state index is 15.2. The van der Waals surface area contributed by atoms with Crippen molar-refractivity contribution in [3.63, 3.8) is 0 Å². The van der Waals surface area contributed by atoms with Crippen molar-refractivity contribution in [3.05, 3.63) is 163 Å². The molecule has 0 radical (unpaired) electrons. The van der Waals surface area contributed by atoms with E-state index in [0.717, 1.165) is 66.6 Å². The highest BCUT2D eigenvalue weighted by atomic mass is 19.1. The maximum Gasteiger partial charge on any atom is 0.135 e. The van der Waals surface area contributed by atoms with E-state index < -0.39 is 0 Å². The minimum absolute atomic E-state index is 0.158. The molecule has 3 heteroatoms. The van der Waals surface area contributed by atoms with Gasteiger partial charge in [-0.1, -0.05) is 98.8 Å². The fourth-order valence-electron chi connectivity index (χ4n) is 7.40. The number of halogens is 1. The lowest BCUT2D eigenvalue weighted by Gasteiger charge is -2.26. The van der Waals surface area contributed by atoms with E-state index in [4.69, 9.17) is 4.42 Å². The molecule has 0 saturated carbocycles. The molecule has 0 fully saturated rings. The first-order valence-electron chi connectivity index (χ1n) is 15.7. The summed E-state index contributed by atoms with van der Waals surface area (Å²) in [6.07, 6.45) is 0. The van der Waals surface area contributed by atoms with Gasteiger partial charge < -0.3 is 9.32 Å². The predicted molar refractivity (Wildman–Crippen MR) is 189 cm³/mol. The number of anilines is 3. The van der Waals surface area contributed by atoms with Crippen molar-refractivity contribution < 1.29 is 8.81 Å². The van der Waals surface area contributed by atoms with Gasteiger partial charge in [-0.15, -0.1) is 0 Å². The van der Waals surface area contributed by atoms with Crippen molar-refractivity contribution in [2.45, 2.75) is 19.3 Å². The van der Waals surface area contributed by atoms with Crippen LogP contribution in [0.4, 0.5) is 21.5 Å². The summed E-state index contributed by atoms with van der Waals surface area (Å²) in [5.74, 6) is -0.158. The number of furan rings is 1. The monoisotopic (exact) mass is 595 g/mol. The number of para-hydroxylation sites is 2. The molecule has 0 atom stereocenters. The van der Waals surface area contributed by atoms with Crippen molar-refractivity contribution in [3.8, 4) is 22.3 Å². The first-order valence-corrected chi connectivity index (χ1v) is 15.7.